The standard InChI is InChI=1S/C15H18O3/c1-4-5-8-17-12-6-7-13-10(2)11(3)15(16)18-14(13)9-12/h6-7,9H,4-5,8H2,1-3H3. The fraction of sp³-hybridized carbons (Fsp3) is 0.400. The topological polar surface area (TPSA) is 39.4 Å². The second kappa shape index (κ2) is 5.25. The monoisotopic (exact) mass is 246 g/mol. The number of benzene rings is 1. The fourth-order valence-corrected chi connectivity index (χ4v) is 1.85. The zero-order chi connectivity index (χ0) is 13.1. The summed E-state index contributed by atoms with van der Waals surface area (Å²) in [5.41, 5.74) is 1.96. The predicted molar refractivity (Wildman–Crippen MR) is 72.4 cm³/mol. The van der Waals surface area contributed by atoms with Crippen LogP contribution in [0.5, 0.6) is 5.75 Å². The minimum atomic E-state index is -0.272. The number of unbranched alkanes of at least 4 members (excludes halogenated alkanes) is 1. The van der Waals surface area contributed by atoms with Crippen molar-refractivity contribution in [2.24, 2.45) is 0 Å². The molecule has 0 N–H and O–H groups in total. The van der Waals surface area contributed by atoms with E-state index in [0.717, 1.165) is 29.5 Å². The third-order valence-corrected chi connectivity index (χ3v) is 3.20. The van der Waals surface area contributed by atoms with Gasteiger partial charge in [-0.15, -0.1) is 0 Å². The van der Waals surface area contributed by atoms with Gasteiger partial charge in [0.15, 0.2) is 0 Å². The van der Waals surface area contributed by atoms with Gasteiger partial charge in [0.2, 0.25) is 0 Å². The van der Waals surface area contributed by atoms with Crippen LogP contribution in [-0.2, 0) is 0 Å². The quantitative estimate of drug-likeness (QED) is 0.611. The van der Waals surface area contributed by atoms with Gasteiger partial charge in [0.05, 0.1) is 6.61 Å². The highest BCUT2D eigenvalue weighted by molar-refractivity contribution is 5.82. The van der Waals surface area contributed by atoms with E-state index in [4.69, 9.17) is 9.15 Å². The molecule has 0 spiro atoms. The van der Waals surface area contributed by atoms with Crippen molar-refractivity contribution in [1.82, 2.24) is 0 Å². The first kappa shape index (κ1) is 12.7. The Hall–Kier alpha value is -1.77. The van der Waals surface area contributed by atoms with Crippen LogP contribution in [0.15, 0.2) is 27.4 Å². The molecule has 0 aliphatic carbocycles. The lowest BCUT2D eigenvalue weighted by atomic mass is 10.1. The zero-order valence-electron chi connectivity index (χ0n) is 11.1. The Balaban J connectivity index is 2.40. The summed E-state index contributed by atoms with van der Waals surface area (Å²) in [6, 6.07) is 5.66. The first-order chi connectivity index (χ1) is 8.63. The third-order valence-electron chi connectivity index (χ3n) is 3.20. The first-order valence-electron chi connectivity index (χ1n) is 6.30. The molecule has 0 saturated carbocycles. The van der Waals surface area contributed by atoms with Crippen LogP contribution >= 0.6 is 0 Å². The molecule has 1 aromatic heterocycles. The molecule has 0 bridgehead atoms. The molecule has 0 radical (unpaired) electrons. The molecule has 18 heavy (non-hydrogen) atoms. The molecule has 0 fully saturated rings. The van der Waals surface area contributed by atoms with E-state index in [1.165, 1.54) is 0 Å². The van der Waals surface area contributed by atoms with Gasteiger partial charge in [-0.05, 0) is 38.0 Å². The summed E-state index contributed by atoms with van der Waals surface area (Å²) >= 11 is 0. The minimum absolute atomic E-state index is 0.272. The molecular formula is C15H18O3. The van der Waals surface area contributed by atoms with Gasteiger partial charge in [-0.2, -0.15) is 0 Å². The molecule has 3 heteroatoms. The molecule has 1 heterocycles. The zero-order valence-corrected chi connectivity index (χ0v) is 11.1. The Bertz CT molecular complexity index is 611. The number of rotatable bonds is 4. The molecule has 3 nitrogen and oxygen atoms in total. The van der Waals surface area contributed by atoms with Crippen molar-refractivity contribution in [2.45, 2.75) is 33.6 Å². The van der Waals surface area contributed by atoms with E-state index in [-0.39, 0.29) is 5.63 Å². The number of ether oxygens (including phenoxy) is 1. The number of hydrogen-bond acceptors (Lipinski definition) is 3. The summed E-state index contributed by atoms with van der Waals surface area (Å²) < 4.78 is 10.9. The van der Waals surface area contributed by atoms with E-state index < -0.39 is 0 Å². The van der Waals surface area contributed by atoms with Crippen LogP contribution in [0.25, 0.3) is 11.0 Å². The van der Waals surface area contributed by atoms with Crippen molar-refractivity contribution >= 4 is 11.0 Å². The van der Waals surface area contributed by atoms with Gasteiger partial charge >= 0.3 is 5.63 Å². The SMILES string of the molecule is CCCCOc1ccc2c(C)c(C)c(=O)oc2c1. The third kappa shape index (κ3) is 2.40. The van der Waals surface area contributed by atoms with E-state index in [9.17, 15) is 4.79 Å². The summed E-state index contributed by atoms with van der Waals surface area (Å²) in [5, 5.41) is 0.968. The second-order valence-corrected chi connectivity index (χ2v) is 4.50. The normalized spacial score (nSPS) is 10.8. The molecule has 2 rings (SSSR count). The Morgan fingerprint density at radius 2 is 2.00 bits per heavy atom. The molecule has 0 saturated heterocycles. The molecule has 0 aliphatic rings. The van der Waals surface area contributed by atoms with E-state index in [1.807, 2.05) is 19.1 Å². The van der Waals surface area contributed by atoms with Gasteiger partial charge in [-0.3, -0.25) is 0 Å². The maximum absolute atomic E-state index is 11.6. The van der Waals surface area contributed by atoms with Crippen molar-refractivity contribution in [3.05, 3.63) is 39.7 Å². The predicted octanol–water partition coefficient (Wildman–Crippen LogP) is 3.59. The highest BCUT2D eigenvalue weighted by Crippen LogP contribution is 2.23. The maximum Gasteiger partial charge on any atom is 0.339 e. The van der Waals surface area contributed by atoms with Gasteiger partial charge in [0, 0.05) is 17.0 Å². The highest BCUT2D eigenvalue weighted by Gasteiger charge is 2.08. The lowest BCUT2D eigenvalue weighted by Gasteiger charge is -2.08. The Kier molecular flexibility index (Phi) is 3.70. The number of aryl methyl sites for hydroxylation is 1. The van der Waals surface area contributed by atoms with Crippen molar-refractivity contribution in [3.8, 4) is 5.75 Å². The minimum Gasteiger partial charge on any atom is -0.493 e. The molecular weight excluding hydrogens is 228 g/mol. The summed E-state index contributed by atoms with van der Waals surface area (Å²) in [5.74, 6) is 0.752. The lowest BCUT2D eigenvalue weighted by molar-refractivity contribution is 0.309. The van der Waals surface area contributed by atoms with Gasteiger partial charge in [0.25, 0.3) is 0 Å². The van der Waals surface area contributed by atoms with Crippen LogP contribution in [0.1, 0.15) is 30.9 Å². The van der Waals surface area contributed by atoms with Crippen molar-refractivity contribution < 1.29 is 9.15 Å². The fourth-order valence-electron chi connectivity index (χ4n) is 1.85. The van der Waals surface area contributed by atoms with Crippen LogP contribution in [0.4, 0.5) is 0 Å². The Labute approximate surface area is 106 Å². The molecule has 0 atom stereocenters. The molecule has 1 aromatic carbocycles. The van der Waals surface area contributed by atoms with Crippen LogP contribution in [0, 0.1) is 13.8 Å². The lowest BCUT2D eigenvalue weighted by Crippen LogP contribution is -2.05. The van der Waals surface area contributed by atoms with E-state index in [1.54, 1.807) is 13.0 Å². The summed E-state index contributed by atoms with van der Waals surface area (Å²) in [6.07, 6.45) is 2.12. The van der Waals surface area contributed by atoms with Crippen molar-refractivity contribution in [3.63, 3.8) is 0 Å². The largest absolute Gasteiger partial charge is 0.493 e. The van der Waals surface area contributed by atoms with Crippen LogP contribution in [0.2, 0.25) is 0 Å². The van der Waals surface area contributed by atoms with E-state index >= 15 is 0 Å². The average Bonchev–Trinajstić information content (AvgIpc) is 2.36. The number of hydrogen-bond donors (Lipinski definition) is 0. The first-order valence-corrected chi connectivity index (χ1v) is 6.30. The van der Waals surface area contributed by atoms with Crippen LogP contribution in [-0.4, -0.2) is 6.61 Å². The maximum atomic E-state index is 11.6. The Morgan fingerprint density at radius 1 is 1.22 bits per heavy atom. The van der Waals surface area contributed by atoms with Crippen molar-refractivity contribution in [1.29, 1.82) is 0 Å². The van der Waals surface area contributed by atoms with Crippen molar-refractivity contribution in [2.75, 3.05) is 6.61 Å². The summed E-state index contributed by atoms with van der Waals surface area (Å²) in [4.78, 5) is 11.6. The van der Waals surface area contributed by atoms with E-state index in [2.05, 4.69) is 6.92 Å². The van der Waals surface area contributed by atoms with Crippen LogP contribution < -0.4 is 10.4 Å². The average molecular weight is 246 g/mol. The van der Waals surface area contributed by atoms with Crippen LogP contribution in [0.3, 0.4) is 0 Å². The molecule has 0 amide bonds. The van der Waals surface area contributed by atoms with Gasteiger partial charge < -0.3 is 9.15 Å². The smallest absolute Gasteiger partial charge is 0.339 e. The van der Waals surface area contributed by atoms with Gasteiger partial charge in [-0.1, -0.05) is 13.3 Å². The second-order valence-electron chi connectivity index (χ2n) is 4.50. The number of fused-ring (bicyclic) bond motifs is 1. The Morgan fingerprint density at radius 3 is 2.72 bits per heavy atom. The molecule has 0 aliphatic heterocycles. The van der Waals surface area contributed by atoms with Gasteiger partial charge in [-0.25, -0.2) is 4.79 Å². The molecule has 96 valence electrons. The summed E-state index contributed by atoms with van der Waals surface area (Å²) in [7, 11) is 0. The molecule has 2 aromatic rings. The van der Waals surface area contributed by atoms with E-state index in [0.29, 0.717) is 17.8 Å². The highest BCUT2D eigenvalue weighted by atomic mass is 16.5. The molecule has 0 unspecified atom stereocenters. The summed E-state index contributed by atoms with van der Waals surface area (Å²) in [6.45, 7) is 6.53. The van der Waals surface area contributed by atoms with Gasteiger partial charge in [0.1, 0.15) is 11.3 Å².